The van der Waals surface area contributed by atoms with Crippen LogP contribution in [-0.4, -0.2) is 243 Å². The summed E-state index contributed by atoms with van der Waals surface area (Å²) in [5.41, 5.74) is 25.6. The minimum Gasteiger partial charge on any atom is -0.480 e. The standard InChI is InChI=1S/C77H106N18O19S2/c1-42(80)65(101)83-38-62(100)84-59-40-115-116-41-60(77(113)114)93-73(109)58(39-96)92-76(112)64(44(3)98)95-72(108)55(34-47-24-12-6-13-25-47)91-75(111)63(43(2)97)94-67(103)52(28-14-7-18-30-78)85-70(106)56(35-48-37-82-50-27-16-15-26-49(48)50)89-69(105)54(33-46-22-10-5-11-23-46)87-68(104)53(32-45-20-8-4-9-21-45)88-71(107)57(36-61(81)99)90-66(102)51(86-74(59)110)29-17-19-31-79/h4-6,8-13,15-16,20-27,37,42-44,51-60,63-64,82,96-98H,7,14,17-19,28-36,38-41,78-80H2,1-3H3,(H2,81,99)(H,83,101)(H,84,100)(H,85,106)(H,86,110)(H,87,104)(H,88,107)(H,89,105)(H,90,102)(H,91,111)(H,92,112)(H,93,109)(H,94,103)(H,95,108)(H,113,114)/t42-,43+,44+,51-,52-,53-,54-,55-,56-,57-,58-,59-,60-,63-,64-/m0/s1. The molecule has 4 aromatic carbocycles. The van der Waals surface area contributed by atoms with Crippen LogP contribution in [0.25, 0.3) is 10.9 Å². The Hall–Kier alpha value is -11.1. The van der Waals surface area contributed by atoms with Crippen molar-refractivity contribution in [3.63, 3.8) is 0 Å². The summed E-state index contributed by atoms with van der Waals surface area (Å²) in [5, 5.41) is 76.3. The Morgan fingerprint density at radius 1 is 0.466 bits per heavy atom. The summed E-state index contributed by atoms with van der Waals surface area (Å²) in [4.78, 5) is 217. The highest BCUT2D eigenvalue weighted by molar-refractivity contribution is 8.76. The fraction of sp³-hybridized carbons (Fsp3) is 0.468. The van der Waals surface area contributed by atoms with Crippen molar-refractivity contribution in [2.24, 2.45) is 22.9 Å². The van der Waals surface area contributed by atoms with Crippen LogP contribution in [0.3, 0.4) is 0 Å². The molecule has 1 saturated heterocycles. The molecular weight excluding hydrogens is 1550 g/mol. The Morgan fingerprint density at radius 2 is 0.853 bits per heavy atom. The van der Waals surface area contributed by atoms with Gasteiger partial charge in [0.05, 0.1) is 37.8 Å². The highest BCUT2D eigenvalue weighted by atomic mass is 33.1. The van der Waals surface area contributed by atoms with E-state index in [1.165, 1.54) is 6.92 Å². The van der Waals surface area contributed by atoms with Crippen LogP contribution >= 0.6 is 21.6 Å². The van der Waals surface area contributed by atoms with E-state index >= 15 is 14.4 Å². The molecule has 1 aliphatic heterocycles. The van der Waals surface area contributed by atoms with Crippen molar-refractivity contribution in [2.45, 2.75) is 189 Å². The van der Waals surface area contributed by atoms with Crippen LogP contribution in [0, 0.1) is 0 Å². The molecule has 0 radical (unpaired) electrons. The second kappa shape index (κ2) is 48.3. The molecule has 1 aliphatic rings. The zero-order chi connectivity index (χ0) is 85.0. The number of amides is 14. The molecule has 0 aliphatic carbocycles. The number of carboxylic acid groups (broad SMARTS) is 1. The molecule has 39 heteroatoms. The lowest BCUT2D eigenvalue weighted by Crippen LogP contribution is -2.63. The van der Waals surface area contributed by atoms with Gasteiger partial charge in [-0.05, 0) is 94.3 Å². The van der Waals surface area contributed by atoms with Crippen molar-refractivity contribution >= 4 is 121 Å². The van der Waals surface area contributed by atoms with E-state index in [1.807, 2.05) is 0 Å². The van der Waals surface area contributed by atoms with Crippen molar-refractivity contribution in [2.75, 3.05) is 37.7 Å². The van der Waals surface area contributed by atoms with Crippen molar-refractivity contribution in [1.82, 2.24) is 74.1 Å². The van der Waals surface area contributed by atoms with Gasteiger partial charge < -0.3 is 117 Å². The van der Waals surface area contributed by atoms with Crippen LogP contribution in [0.5, 0.6) is 0 Å². The minimum absolute atomic E-state index is 0.104. The van der Waals surface area contributed by atoms with Gasteiger partial charge in [-0.15, -0.1) is 0 Å². The van der Waals surface area contributed by atoms with Gasteiger partial charge in [0.25, 0.3) is 0 Å². The third kappa shape index (κ3) is 30.9. The molecule has 26 N–H and O–H groups in total. The van der Waals surface area contributed by atoms with Crippen LogP contribution in [0.15, 0.2) is 121 Å². The molecule has 1 fully saturated rings. The quantitative estimate of drug-likeness (QED) is 0.0174. The largest absolute Gasteiger partial charge is 0.480 e. The number of rotatable bonds is 27. The number of aliphatic hydroxyl groups is 3. The number of carboxylic acids is 1. The fourth-order valence-corrected chi connectivity index (χ4v) is 14.4. The van der Waals surface area contributed by atoms with Crippen molar-refractivity contribution in [3.05, 3.63) is 144 Å². The summed E-state index contributed by atoms with van der Waals surface area (Å²) < 4.78 is 0. The van der Waals surface area contributed by atoms with Gasteiger partial charge >= 0.3 is 5.97 Å². The summed E-state index contributed by atoms with van der Waals surface area (Å²) in [6, 6.07) is 9.66. The normalized spacial score (nSPS) is 23.6. The number of carbonyl (C=O) groups is 15. The van der Waals surface area contributed by atoms with Gasteiger partial charge in [-0.25, -0.2) is 4.79 Å². The maximum absolute atomic E-state index is 15.4. The Bertz CT molecular complexity index is 4150. The maximum atomic E-state index is 15.4. The summed E-state index contributed by atoms with van der Waals surface area (Å²) in [5.74, 6) is -17.7. The predicted molar refractivity (Wildman–Crippen MR) is 430 cm³/mol. The molecule has 6 rings (SSSR count). The average molecular weight is 1650 g/mol. The number of nitrogens with two attached hydrogens (primary N) is 4. The molecule has 0 bridgehead atoms. The molecule has 14 amide bonds. The lowest BCUT2D eigenvalue weighted by molar-refractivity contribution is -0.142. The molecule has 0 unspecified atom stereocenters. The third-order valence-corrected chi connectivity index (χ3v) is 20.9. The topological polar surface area (TPSA) is 613 Å². The van der Waals surface area contributed by atoms with E-state index in [9.17, 15) is 78.0 Å². The summed E-state index contributed by atoms with van der Waals surface area (Å²) in [6.07, 6.45) is -2.77. The Morgan fingerprint density at radius 3 is 1.33 bits per heavy atom. The van der Waals surface area contributed by atoms with E-state index in [4.69, 9.17) is 22.9 Å². The van der Waals surface area contributed by atoms with Crippen LogP contribution in [0.1, 0.15) is 94.4 Å². The molecular formula is C77H106N18O19S2. The first-order valence-corrected chi connectivity index (χ1v) is 40.3. The van der Waals surface area contributed by atoms with Gasteiger partial charge in [0.2, 0.25) is 82.7 Å². The van der Waals surface area contributed by atoms with Crippen molar-refractivity contribution < 1.29 is 92.3 Å². The molecule has 0 spiro atoms. The van der Waals surface area contributed by atoms with Gasteiger partial charge in [0, 0.05) is 54.3 Å². The number of carbonyl (C=O) groups excluding carboxylic acids is 14. The van der Waals surface area contributed by atoms with Gasteiger partial charge in [0.15, 0.2) is 0 Å². The smallest absolute Gasteiger partial charge is 0.327 e. The van der Waals surface area contributed by atoms with Crippen LogP contribution < -0.4 is 92.1 Å². The Kier molecular flexibility index (Phi) is 39.1. The van der Waals surface area contributed by atoms with E-state index in [0.717, 1.165) is 35.4 Å². The summed E-state index contributed by atoms with van der Waals surface area (Å²) in [7, 11) is 1.49. The van der Waals surface area contributed by atoms with Gasteiger partial charge in [-0.1, -0.05) is 144 Å². The van der Waals surface area contributed by atoms with Gasteiger partial charge in [-0.2, -0.15) is 0 Å². The van der Waals surface area contributed by atoms with Gasteiger partial charge in [-0.3, -0.25) is 67.1 Å². The van der Waals surface area contributed by atoms with E-state index < -0.39 is 210 Å². The minimum atomic E-state index is -1.99. The van der Waals surface area contributed by atoms with E-state index in [1.54, 1.807) is 121 Å². The maximum Gasteiger partial charge on any atom is 0.327 e. The van der Waals surface area contributed by atoms with Crippen LogP contribution in [0.2, 0.25) is 0 Å². The number of para-hydroxylation sites is 1. The van der Waals surface area contributed by atoms with Crippen molar-refractivity contribution in [3.8, 4) is 0 Å². The lowest BCUT2D eigenvalue weighted by Gasteiger charge is -2.29. The van der Waals surface area contributed by atoms with E-state index in [-0.39, 0.29) is 70.9 Å². The average Bonchev–Trinajstić information content (AvgIpc) is 1.58. The molecule has 116 heavy (non-hydrogen) atoms. The number of aliphatic carboxylic acids is 1. The number of benzene rings is 4. The number of primary amides is 1. The molecule has 1 aromatic heterocycles. The van der Waals surface area contributed by atoms with Gasteiger partial charge in [0.1, 0.15) is 72.5 Å². The highest BCUT2D eigenvalue weighted by Gasteiger charge is 2.40. The lowest BCUT2D eigenvalue weighted by atomic mass is 10.00. The zero-order valence-corrected chi connectivity index (χ0v) is 66.1. The monoisotopic (exact) mass is 1650 g/mol. The fourth-order valence-electron chi connectivity index (χ4n) is 12.1. The number of fused-ring (bicyclic) bond motifs is 1. The third-order valence-electron chi connectivity index (χ3n) is 18.5. The molecule has 5 aromatic rings. The van der Waals surface area contributed by atoms with Crippen LogP contribution in [-0.2, 0) is 97.6 Å². The number of H-pyrrole nitrogens is 1. The first kappa shape index (κ1) is 93.8. The van der Waals surface area contributed by atoms with E-state index in [2.05, 4.69) is 74.1 Å². The number of aromatic nitrogens is 1. The first-order valence-electron chi connectivity index (χ1n) is 37.9. The molecule has 630 valence electrons. The Labute approximate surface area is 677 Å². The molecule has 37 nitrogen and oxygen atoms in total. The number of unbranched alkanes of at least 4 members (excludes halogenated alkanes) is 3. The SMILES string of the molecule is C[C@H](N)C(=O)NCC(=O)N[C@H]1CSSC[C@@H](C(=O)O)NC(=O)[C@H](CO)NC(=O)[C@H]([C@@H](C)O)NC(=O)[C@H](Cc2ccccc2)NC(=O)[C@H]([C@@H](C)O)NC(=O)[C@H](CCCCCN)NC(=O)[C@H](Cc2c[nH]c3ccccc23)NC(=O)[C@H](Cc2ccccc2)NC(=O)[C@H](Cc2ccccc2)NC(=O)[C@H](CC(N)=O)NC(=O)[C@H](CCCCN)NC1=O. The van der Waals surface area contributed by atoms with Crippen LogP contribution in [0.4, 0.5) is 0 Å². The zero-order valence-electron chi connectivity index (χ0n) is 64.5. The number of hydrogen-bond donors (Lipinski definition) is 22. The summed E-state index contributed by atoms with van der Waals surface area (Å²) in [6.45, 7) is 2.01. The molecule has 0 saturated carbocycles. The number of nitrogens with one attached hydrogen (secondary N) is 14. The number of aliphatic hydroxyl groups excluding tert-OH is 3. The predicted octanol–water partition coefficient (Wildman–Crippen LogP) is -4.52. The number of aromatic amines is 1. The number of hydrogen-bond acceptors (Lipinski definition) is 23. The second-order valence-electron chi connectivity index (χ2n) is 27.9. The molecule has 15 atom stereocenters. The van der Waals surface area contributed by atoms with Crippen molar-refractivity contribution in [1.29, 1.82) is 0 Å². The summed E-state index contributed by atoms with van der Waals surface area (Å²) >= 11 is 0. The van der Waals surface area contributed by atoms with E-state index in [0.29, 0.717) is 46.0 Å². The second-order valence-corrected chi connectivity index (χ2v) is 30.5. The molecule has 2 heterocycles. The highest BCUT2D eigenvalue weighted by Crippen LogP contribution is 2.25. The first-order chi connectivity index (χ1) is 55.4. The Balaban J connectivity index is 1.47.